The molecule has 2 rings (SSSR count). The molecule has 2 aromatic heterocycles. The maximum atomic E-state index is 12.1. The molecular weight excluding hydrogens is 252 g/mol. The van der Waals surface area contributed by atoms with Crippen molar-refractivity contribution in [1.29, 1.82) is 0 Å². The Bertz CT molecular complexity index is 606. The van der Waals surface area contributed by atoms with Crippen molar-refractivity contribution in [2.45, 2.75) is 13.8 Å². The molecule has 6 heteroatoms. The summed E-state index contributed by atoms with van der Waals surface area (Å²) in [5, 5.41) is 7.13. The first kappa shape index (κ1) is 12.6. The Balaban J connectivity index is 2.26. The Morgan fingerprint density at radius 3 is 2.78 bits per heavy atom. The zero-order chi connectivity index (χ0) is 13.3. The van der Waals surface area contributed by atoms with E-state index in [0.29, 0.717) is 16.9 Å². The number of pyridine rings is 1. The number of anilines is 1. The molecule has 0 aromatic carbocycles. The molecule has 0 unspecified atom stereocenters. The van der Waals surface area contributed by atoms with E-state index in [9.17, 15) is 4.79 Å². The maximum absolute atomic E-state index is 12.1. The predicted octanol–water partition coefficient (Wildman–Crippen LogP) is 2.34. The van der Waals surface area contributed by atoms with Crippen molar-refractivity contribution >= 4 is 23.2 Å². The number of aryl methyl sites for hydroxylation is 3. The molecular formula is C12H13ClN4O. The van der Waals surface area contributed by atoms with Crippen LogP contribution < -0.4 is 5.32 Å². The summed E-state index contributed by atoms with van der Waals surface area (Å²) in [6.07, 6.45) is 3.31. The summed E-state index contributed by atoms with van der Waals surface area (Å²) < 4.78 is 1.60. The molecule has 0 fully saturated rings. The first-order valence-electron chi connectivity index (χ1n) is 5.41. The summed E-state index contributed by atoms with van der Waals surface area (Å²) in [7, 11) is 1.77. The summed E-state index contributed by atoms with van der Waals surface area (Å²) >= 11 is 5.93. The highest BCUT2D eigenvalue weighted by molar-refractivity contribution is 6.32. The van der Waals surface area contributed by atoms with Gasteiger partial charge < -0.3 is 5.32 Å². The van der Waals surface area contributed by atoms with E-state index < -0.39 is 0 Å². The first-order valence-corrected chi connectivity index (χ1v) is 5.79. The zero-order valence-corrected chi connectivity index (χ0v) is 11.1. The van der Waals surface area contributed by atoms with E-state index in [4.69, 9.17) is 11.6 Å². The Hall–Kier alpha value is -1.88. The fourth-order valence-corrected chi connectivity index (χ4v) is 1.80. The van der Waals surface area contributed by atoms with Crippen molar-refractivity contribution in [2.24, 2.45) is 7.05 Å². The van der Waals surface area contributed by atoms with Gasteiger partial charge in [0, 0.05) is 19.4 Å². The molecule has 0 aliphatic heterocycles. The van der Waals surface area contributed by atoms with Gasteiger partial charge in [-0.25, -0.2) is 4.98 Å². The fourth-order valence-electron chi connectivity index (χ4n) is 1.65. The van der Waals surface area contributed by atoms with Crippen molar-refractivity contribution in [2.75, 3.05) is 5.32 Å². The van der Waals surface area contributed by atoms with Crippen LogP contribution in [0.5, 0.6) is 0 Å². The molecule has 0 aliphatic carbocycles. The number of rotatable bonds is 2. The van der Waals surface area contributed by atoms with Crippen LogP contribution in [0.4, 0.5) is 5.69 Å². The highest BCUT2D eigenvalue weighted by Gasteiger charge is 2.14. The van der Waals surface area contributed by atoms with Gasteiger partial charge in [0.2, 0.25) is 0 Å². The monoisotopic (exact) mass is 264 g/mol. The number of halogens is 1. The van der Waals surface area contributed by atoms with E-state index in [-0.39, 0.29) is 11.1 Å². The minimum atomic E-state index is -0.241. The van der Waals surface area contributed by atoms with Crippen LogP contribution in [0.15, 0.2) is 18.5 Å². The quantitative estimate of drug-likeness (QED) is 0.847. The van der Waals surface area contributed by atoms with Crippen molar-refractivity contribution in [3.8, 4) is 0 Å². The van der Waals surface area contributed by atoms with Gasteiger partial charge in [0.15, 0.2) is 5.15 Å². The number of carbonyl (C=O) groups excluding carboxylic acids is 1. The highest BCUT2D eigenvalue weighted by Crippen LogP contribution is 2.20. The van der Waals surface area contributed by atoms with Crippen molar-refractivity contribution < 1.29 is 4.79 Å². The van der Waals surface area contributed by atoms with Crippen LogP contribution in [-0.2, 0) is 7.05 Å². The average Bonchev–Trinajstić information content (AvgIpc) is 2.63. The number of carbonyl (C=O) groups is 1. The molecule has 0 radical (unpaired) electrons. The lowest BCUT2D eigenvalue weighted by Crippen LogP contribution is -2.13. The van der Waals surface area contributed by atoms with E-state index in [1.165, 1.54) is 0 Å². The van der Waals surface area contributed by atoms with E-state index in [0.717, 1.165) is 5.56 Å². The molecule has 0 spiro atoms. The first-order chi connectivity index (χ1) is 8.47. The number of amides is 1. The number of aromatic nitrogens is 3. The number of hydrogen-bond donors (Lipinski definition) is 1. The SMILES string of the molecule is Cc1cnc(Cl)c(NC(=O)c2cn(C)nc2C)c1. The fraction of sp³-hybridized carbons (Fsp3) is 0.250. The van der Waals surface area contributed by atoms with Crippen LogP contribution in [-0.4, -0.2) is 20.7 Å². The van der Waals surface area contributed by atoms with E-state index in [1.807, 2.05) is 6.92 Å². The van der Waals surface area contributed by atoms with Gasteiger partial charge in [0.1, 0.15) is 0 Å². The van der Waals surface area contributed by atoms with Crippen molar-refractivity contribution in [3.05, 3.63) is 40.4 Å². The van der Waals surface area contributed by atoms with Crippen molar-refractivity contribution in [1.82, 2.24) is 14.8 Å². The minimum absolute atomic E-state index is 0.241. The lowest BCUT2D eigenvalue weighted by Gasteiger charge is -2.06. The smallest absolute Gasteiger partial charge is 0.259 e. The Morgan fingerprint density at radius 2 is 2.17 bits per heavy atom. The molecule has 1 amide bonds. The standard InChI is InChI=1S/C12H13ClN4O/c1-7-4-10(11(13)14-5-7)15-12(18)9-6-17(3)16-8(9)2/h4-6H,1-3H3,(H,15,18). The molecule has 0 aliphatic rings. The Labute approximate surface area is 110 Å². The molecule has 18 heavy (non-hydrogen) atoms. The van der Waals surface area contributed by atoms with E-state index >= 15 is 0 Å². The Kier molecular flexibility index (Phi) is 3.34. The second-order valence-electron chi connectivity index (χ2n) is 4.11. The molecule has 0 atom stereocenters. The third kappa shape index (κ3) is 2.51. The predicted molar refractivity (Wildman–Crippen MR) is 69.9 cm³/mol. The second-order valence-corrected chi connectivity index (χ2v) is 4.47. The normalized spacial score (nSPS) is 10.4. The van der Waals surface area contributed by atoms with Crippen LogP contribution in [0.25, 0.3) is 0 Å². The van der Waals surface area contributed by atoms with Crippen LogP contribution in [0.2, 0.25) is 5.15 Å². The zero-order valence-electron chi connectivity index (χ0n) is 10.4. The molecule has 0 saturated carbocycles. The second kappa shape index (κ2) is 4.78. The lowest BCUT2D eigenvalue weighted by atomic mass is 10.2. The van der Waals surface area contributed by atoms with Crippen LogP contribution >= 0.6 is 11.6 Å². The molecule has 1 N–H and O–H groups in total. The van der Waals surface area contributed by atoms with Crippen molar-refractivity contribution in [3.63, 3.8) is 0 Å². The van der Waals surface area contributed by atoms with Gasteiger partial charge in [-0.2, -0.15) is 5.10 Å². The van der Waals surface area contributed by atoms with E-state index in [2.05, 4.69) is 15.4 Å². The number of hydrogen-bond acceptors (Lipinski definition) is 3. The van der Waals surface area contributed by atoms with Crippen LogP contribution in [0, 0.1) is 13.8 Å². The van der Waals surface area contributed by atoms with Gasteiger partial charge >= 0.3 is 0 Å². The van der Waals surface area contributed by atoms with Gasteiger partial charge in [0.25, 0.3) is 5.91 Å². The molecule has 2 heterocycles. The molecule has 5 nitrogen and oxygen atoms in total. The molecule has 0 saturated heterocycles. The number of nitrogens with zero attached hydrogens (tertiary/aromatic N) is 3. The van der Waals surface area contributed by atoms with Gasteiger partial charge in [-0.15, -0.1) is 0 Å². The topological polar surface area (TPSA) is 59.8 Å². The summed E-state index contributed by atoms with van der Waals surface area (Å²) in [4.78, 5) is 16.0. The molecule has 2 aromatic rings. The van der Waals surface area contributed by atoms with Crippen LogP contribution in [0.1, 0.15) is 21.6 Å². The lowest BCUT2D eigenvalue weighted by molar-refractivity contribution is 0.102. The summed E-state index contributed by atoms with van der Waals surface area (Å²) in [5.74, 6) is -0.241. The Morgan fingerprint density at radius 1 is 1.44 bits per heavy atom. The van der Waals surface area contributed by atoms with E-state index in [1.54, 1.807) is 37.1 Å². The summed E-state index contributed by atoms with van der Waals surface area (Å²) in [6, 6.07) is 1.78. The third-order valence-corrected chi connectivity index (χ3v) is 2.78. The largest absolute Gasteiger partial charge is 0.319 e. The average molecular weight is 265 g/mol. The molecule has 94 valence electrons. The summed E-state index contributed by atoms with van der Waals surface area (Å²) in [5.41, 5.74) is 2.63. The number of nitrogens with one attached hydrogen (secondary N) is 1. The minimum Gasteiger partial charge on any atom is -0.319 e. The van der Waals surface area contributed by atoms with Gasteiger partial charge in [-0.3, -0.25) is 9.48 Å². The van der Waals surface area contributed by atoms with Gasteiger partial charge in [0.05, 0.1) is 16.9 Å². The molecule has 0 bridgehead atoms. The van der Waals surface area contributed by atoms with Crippen LogP contribution in [0.3, 0.4) is 0 Å². The van der Waals surface area contributed by atoms with Gasteiger partial charge in [-0.1, -0.05) is 11.6 Å². The third-order valence-electron chi connectivity index (χ3n) is 2.48. The maximum Gasteiger partial charge on any atom is 0.259 e. The summed E-state index contributed by atoms with van der Waals surface area (Å²) in [6.45, 7) is 3.67. The van der Waals surface area contributed by atoms with Gasteiger partial charge in [-0.05, 0) is 25.5 Å². The highest BCUT2D eigenvalue weighted by atomic mass is 35.5.